The first kappa shape index (κ1) is 35.8. The van der Waals surface area contributed by atoms with Gasteiger partial charge in [0.25, 0.3) is 0 Å². The lowest BCUT2D eigenvalue weighted by Crippen LogP contribution is -2.44. The van der Waals surface area contributed by atoms with Gasteiger partial charge in [-0.15, -0.1) is 0 Å². The Kier molecular flexibility index (Phi) is 10.4. The summed E-state index contributed by atoms with van der Waals surface area (Å²) in [6.07, 6.45) is -4.00. The van der Waals surface area contributed by atoms with Gasteiger partial charge in [0.05, 0.1) is 11.6 Å². The number of rotatable bonds is 4. The van der Waals surface area contributed by atoms with Crippen LogP contribution in [0.3, 0.4) is 0 Å². The zero-order valence-corrected chi connectivity index (χ0v) is 26.0. The summed E-state index contributed by atoms with van der Waals surface area (Å²) in [7, 11) is 0. The molecule has 5 rings (SSSR count). The Hall–Kier alpha value is -4.01. The zero-order valence-electron chi connectivity index (χ0n) is 26.0. The van der Waals surface area contributed by atoms with Gasteiger partial charge in [0.15, 0.2) is 11.6 Å². The minimum atomic E-state index is -5.08. The number of piperidine rings is 1. The van der Waals surface area contributed by atoms with E-state index in [9.17, 15) is 39.9 Å². The Balaban J connectivity index is 0.000000644. The molecule has 0 saturated carbocycles. The molecule has 2 aromatic carbocycles. The highest BCUT2D eigenvalue weighted by Gasteiger charge is 2.45. The van der Waals surface area contributed by atoms with Crippen LogP contribution in [0.25, 0.3) is 5.69 Å². The number of amides is 1. The van der Waals surface area contributed by atoms with E-state index in [1.807, 2.05) is 20.8 Å². The summed E-state index contributed by atoms with van der Waals surface area (Å²) in [6.45, 7) is 9.62. The van der Waals surface area contributed by atoms with Crippen molar-refractivity contribution in [3.63, 3.8) is 0 Å². The third-order valence-corrected chi connectivity index (χ3v) is 8.48. The second kappa shape index (κ2) is 13.6. The predicted molar refractivity (Wildman–Crippen MR) is 154 cm³/mol. The average molecular weight is 675 g/mol. The smallest absolute Gasteiger partial charge is 0.475 e. The van der Waals surface area contributed by atoms with E-state index in [1.165, 1.54) is 16.8 Å². The molecule has 2 atom stereocenters. The van der Waals surface area contributed by atoms with Crippen LogP contribution in [0.4, 0.5) is 35.1 Å². The van der Waals surface area contributed by atoms with Crippen molar-refractivity contribution in [2.24, 2.45) is 5.92 Å². The summed E-state index contributed by atoms with van der Waals surface area (Å²) >= 11 is 0. The van der Waals surface area contributed by atoms with E-state index in [0.717, 1.165) is 12.1 Å². The van der Waals surface area contributed by atoms with Crippen LogP contribution in [-0.2, 0) is 9.59 Å². The van der Waals surface area contributed by atoms with Gasteiger partial charge in [-0.2, -0.15) is 18.3 Å². The van der Waals surface area contributed by atoms with Gasteiger partial charge < -0.3 is 10.0 Å². The number of carboxylic acid groups (broad SMARTS) is 1. The van der Waals surface area contributed by atoms with Crippen molar-refractivity contribution < 1.29 is 49.8 Å². The molecule has 0 bridgehead atoms. The number of carbonyl (C=O) groups excluding carboxylic acids is 1. The summed E-state index contributed by atoms with van der Waals surface area (Å²) in [5.41, 5.74) is 1.01. The maximum atomic E-state index is 14.8. The first-order valence-electron chi connectivity index (χ1n) is 14.8. The van der Waals surface area contributed by atoms with Gasteiger partial charge in [-0.25, -0.2) is 31.4 Å². The molecule has 0 unspecified atom stereocenters. The number of aryl methyl sites for hydroxylation is 1. The van der Waals surface area contributed by atoms with Crippen LogP contribution in [0.15, 0.2) is 36.4 Å². The average Bonchev–Trinajstić information content (AvgIpc) is 3.59. The second-order valence-electron chi connectivity index (χ2n) is 12.7. The molecule has 0 spiro atoms. The minimum Gasteiger partial charge on any atom is -0.475 e. The van der Waals surface area contributed by atoms with Crippen LogP contribution in [0.5, 0.6) is 0 Å². The van der Waals surface area contributed by atoms with Crippen molar-refractivity contribution in [3.05, 3.63) is 82.4 Å². The fraction of sp³-hybridized carbons (Fsp3) is 0.469. The van der Waals surface area contributed by atoms with Gasteiger partial charge >= 0.3 is 12.1 Å². The molecule has 3 aromatic rings. The Bertz CT molecular complexity index is 1630. The molecule has 256 valence electrons. The largest absolute Gasteiger partial charge is 0.490 e. The Morgan fingerprint density at radius 2 is 1.47 bits per heavy atom. The lowest BCUT2D eigenvalue weighted by molar-refractivity contribution is -0.192. The van der Waals surface area contributed by atoms with Crippen molar-refractivity contribution in [3.8, 4) is 5.69 Å². The number of aromatic nitrogens is 2. The molecular formula is C32H34F8N4O3. The highest BCUT2D eigenvalue weighted by Crippen LogP contribution is 2.40. The van der Waals surface area contributed by atoms with Gasteiger partial charge in [0, 0.05) is 67.4 Å². The van der Waals surface area contributed by atoms with E-state index >= 15 is 0 Å². The molecule has 1 N–H and O–H groups in total. The molecule has 1 aromatic heterocycles. The molecular weight excluding hydrogens is 640 g/mol. The SMILES string of the molecule is Cc1cc(C2CCN(C(=O)[C@@H]3CN(C(C)(C)C)C[C@H]3c3ccc(F)cc3F)CC2)n(-c2cc(F)cc(F)c2F)n1.O=C(O)C(F)(F)F. The van der Waals surface area contributed by atoms with Crippen molar-refractivity contribution in [1.82, 2.24) is 19.6 Å². The normalized spacial score (nSPS) is 19.4. The van der Waals surface area contributed by atoms with Gasteiger partial charge in [-0.05, 0) is 58.2 Å². The summed E-state index contributed by atoms with van der Waals surface area (Å²) in [6, 6.07) is 6.71. The van der Waals surface area contributed by atoms with E-state index in [-0.39, 0.29) is 23.1 Å². The maximum Gasteiger partial charge on any atom is 0.490 e. The third-order valence-electron chi connectivity index (χ3n) is 8.48. The number of alkyl halides is 3. The molecule has 2 saturated heterocycles. The topological polar surface area (TPSA) is 78.7 Å². The lowest BCUT2D eigenvalue weighted by Gasteiger charge is -2.35. The summed E-state index contributed by atoms with van der Waals surface area (Å²) in [5, 5.41) is 11.4. The summed E-state index contributed by atoms with van der Waals surface area (Å²) in [5.74, 6) is -8.54. The Labute approximate surface area is 265 Å². The second-order valence-corrected chi connectivity index (χ2v) is 12.7. The number of likely N-dealkylation sites (tertiary alicyclic amines) is 2. The number of carbonyl (C=O) groups is 2. The van der Waals surface area contributed by atoms with E-state index in [1.54, 1.807) is 17.9 Å². The summed E-state index contributed by atoms with van der Waals surface area (Å²) in [4.78, 5) is 26.7. The molecule has 0 radical (unpaired) electrons. The highest BCUT2D eigenvalue weighted by atomic mass is 19.4. The Morgan fingerprint density at radius 3 is 2.02 bits per heavy atom. The van der Waals surface area contributed by atoms with E-state index in [2.05, 4.69) is 10.00 Å². The molecule has 7 nitrogen and oxygen atoms in total. The molecule has 0 aliphatic carbocycles. The van der Waals surface area contributed by atoms with Gasteiger partial charge in [0.1, 0.15) is 23.1 Å². The van der Waals surface area contributed by atoms with Crippen molar-refractivity contribution in [2.75, 3.05) is 26.2 Å². The molecule has 2 aliphatic heterocycles. The van der Waals surface area contributed by atoms with Crippen molar-refractivity contribution >= 4 is 11.9 Å². The zero-order chi connectivity index (χ0) is 35.0. The van der Waals surface area contributed by atoms with Crippen LogP contribution in [-0.4, -0.2) is 74.5 Å². The van der Waals surface area contributed by atoms with Gasteiger partial charge in [-0.3, -0.25) is 9.69 Å². The molecule has 1 amide bonds. The van der Waals surface area contributed by atoms with E-state index < -0.39 is 53.1 Å². The number of halogens is 8. The van der Waals surface area contributed by atoms with Crippen LogP contribution < -0.4 is 0 Å². The fourth-order valence-corrected chi connectivity index (χ4v) is 6.05. The van der Waals surface area contributed by atoms with Gasteiger partial charge in [0.2, 0.25) is 5.91 Å². The fourth-order valence-electron chi connectivity index (χ4n) is 6.05. The number of hydrogen-bond donors (Lipinski definition) is 1. The summed E-state index contributed by atoms with van der Waals surface area (Å²) < 4.78 is 104. The first-order valence-corrected chi connectivity index (χ1v) is 14.8. The number of nitrogens with zero attached hydrogens (tertiary/aromatic N) is 4. The third kappa shape index (κ3) is 8.11. The lowest BCUT2D eigenvalue weighted by atomic mass is 9.86. The minimum absolute atomic E-state index is 0.0816. The maximum absolute atomic E-state index is 14.8. The highest BCUT2D eigenvalue weighted by molar-refractivity contribution is 5.81. The van der Waals surface area contributed by atoms with E-state index in [0.29, 0.717) is 62.0 Å². The van der Waals surface area contributed by atoms with Crippen LogP contribution >= 0.6 is 0 Å². The standard InChI is InChI=1S/C30H33F5N4O.C2HF3O2/c1-17-11-26(39(36-17)27-14-20(32)13-25(34)28(27)35)18-7-9-37(10-8-18)29(40)23-16-38(30(2,3)4)15-22(23)21-6-5-19(31)12-24(21)33;3-2(4,5)1(6)7/h5-6,11-14,18,22-23H,7-10,15-16H2,1-4H3;(H,6,7)/t22-,23+;/m0./s1. The van der Waals surface area contributed by atoms with Crippen LogP contribution in [0, 0.1) is 41.9 Å². The van der Waals surface area contributed by atoms with Crippen LogP contribution in [0.2, 0.25) is 0 Å². The number of carboxylic acids is 1. The quantitative estimate of drug-likeness (QED) is 0.246. The van der Waals surface area contributed by atoms with Crippen molar-refractivity contribution in [1.29, 1.82) is 0 Å². The number of aliphatic carboxylic acids is 1. The Morgan fingerprint density at radius 1 is 0.872 bits per heavy atom. The van der Waals surface area contributed by atoms with Crippen molar-refractivity contribution in [2.45, 2.75) is 64.1 Å². The molecule has 3 heterocycles. The van der Waals surface area contributed by atoms with Gasteiger partial charge in [-0.1, -0.05) is 6.07 Å². The molecule has 2 fully saturated rings. The van der Waals surface area contributed by atoms with Crippen LogP contribution in [0.1, 0.15) is 62.4 Å². The first-order chi connectivity index (χ1) is 21.8. The monoisotopic (exact) mass is 674 g/mol. The number of benzene rings is 2. The predicted octanol–water partition coefficient (Wildman–Crippen LogP) is 6.73. The molecule has 47 heavy (non-hydrogen) atoms. The van der Waals surface area contributed by atoms with E-state index in [4.69, 9.17) is 9.90 Å². The number of hydrogen-bond acceptors (Lipinski definition) is 4. The molecule has 15 heteroatoms. The molecule has 2 aliphatic rings.